The van der Waals surface area contributed by atoms with E-state index >= 15 is 0 Å². The minimum atomic E-state index is -0.728. The molecule has 3 amide bonds. The molecule has 0 aliphatic heterocycles. The van der Waals surface area contributed by atoms with Crippen molar-refractivity contribution in [1.29, 1.82) is 0 Å². The van der Waals surface area contributed by atoms with Crippen molar-refractivity contribution < 1.29 is 9.59 Å². The van der Waals surface area contributed by atoms with E-state index in [4.69, 9.17) is 0 Å². The molecule has 0 aromatic carbocycles. The Morgan fingerprint density at radius 2 is 2.00 bits per heavy atom. The molecular weight excluding hydrogens is 244 g/mol. The summed E-state index contributed by atoms with van der Waals surface area (Å²) in [6, 6.07) is 0.879. The minimum absolute atomic E-state index is 0.0825. The summed E-state index contributed by atoms with van der Waals surface area (Å²) < 4.78 is 3.51. The molecule has 0 spiro atoms. The lowest BCUT2D eigenvalue weighted by atomic mass is 10.5. The predicted molar refractivity (Wildman–Crippen MR) is 58.4 cm³/mol. The normalized spacial score (nSPS) is 9.65. The number of carbonyl (C=O) groups excluding carboxylic acids is 2. The molecule has 8 nitrogen and oxygen atoms in total. The van der Waals surface area contributed by atoms with Crippen LogP contribution < -0.4 is 10.6 Å². The van der Waals surface area contributed by atoms with E-state index < -0.39 is 11.9 Å². The highest BCUT2D eigenvalue weighted by molar-refractivity contribution is 7.03. The summed E-state index contributed by atoms with van der Waals surface area (Å²) in [5.74, 6) is -0.526. The number of imide groups is 1. The van der Waals surface area contributed by atoms with Gasteiger partial charge in [0, 0.05) is 17.8 Å². The lowest BCUT2D eigenvalue weighted by Crippen LogP contribution is -2.35. The number of aromatic nitrogens is 4. The van der Waals surface area contributed by atoms with Crippen LogP contribution in [0.1, 0.15) is 10.5 Å². The predicted octanol–water partition coefficient (Wildman–Crippen LogP) is 0.290. The third kappa shape index (κ3) is 3.01. The van der Waals surface area contributed by atoms with Gasteiger partial charge in [0.2, 0.25) is 5.95 Å². The number of nitrogens with one attached hydrogen (secondary N) is 2. The summed E-state index contributed by atoms with van der Waals surface area (Å²) in [4.78, 5) is 30.3. The average molecular weight is 250 g/mol. The molecule has 2 aromatic rings. The molecule has 0 unspecified atom stereocenters. The summed E-state index contributed by atoms with van der Waals surface area (Å²) in [6.07, 6.45) is 2.93. The van der Waals surface area contributed by atoms with Crippen LogP contribution >= 0.6 is 11.5 Å². The third-order valence-electron chi connectivity index (χ3n) is 1.61. The summed E-state index contributed by atoms with van der Waals surface area (Å²) in [7, 11) is 0. The number of carbonyl (C=O) groups is 2. The average Bonchev–Trinajstić information content (AvgIpc) is 2.83. The maximum absolute atomic E-state index is 11.4. The summed E-state index contributed by atoms with van der Waals surface area (Å²) in [6.45, 7) is 0. The number of rotatable bonds is 2. The Balaban J connectivity index is 1.92. The van der Waals surface area contributed by atoms with Crippen LogP contribution in [0, 0.1) is 0 Å². The van der Waals surface area contributed by atoms with Crippen molar-refractivity contribution in [2.45, 2.75) is 0 Å². The van der Waals surface area contributed by atoms with Gasteiger partial charge in [-0.3, -0.25) is 15.4 Å². The van der Waals surface area contributed by atoms with Crippen molar-refractivity contribution in [2.24, 2.45) is 0 Å². The second-order valence-corrected chi connectivity index (χ2v) is 3.38. The number of urea groups is 1. The molecule has 0 fully saturated rings. The molecule has 86 valence electrons. The zero-order chi connectivity index (χ0) is 12.1. The van der Waals surface area contributed by atoms with Crippen LogP contribution in [0.4, 0.5) is 10.7 Å². The van der Waals surface area contributed by atoms with Crippen LogP contribution in [0.25, 0.3) is 0 Å². The van der Waals surface area contributed by atoms with Crippen LogP contribution in [0.2, 0.25) is 0 Å². The number of nitrogens with zero attached hydrogens (tertiary/aromatic N) is 4. The lowest BCUT2D eigenvalue weighted by Gasteiger charge is -2.02. The fourth-order valence-corrected chi connectivity index (χ4v) is 1.36. The molecular formula is C8H6N6O2S. The molecule has 0 aliphatic carbocycles. The topological polar surface area (TPSA) is 110 Å². The highest BCUT2D eigenvalue weighted by atomic mass is 32.1. The van der Waals surface area contributed by atoms with Crippen molar-refractivity contribution in [2.75, 3.05) is 5.32 Å². The Morgan fingerprint density at radius 1 is 1.24 bits per heavy atom. The molecule has 0 radical (unpaired) electrons. The first kappa shape index (κ1) is 11.1. The van der Waals surface area contributed by atoms with E-state index in [1.165, 1.54) is 17.8 Å². The zero-order valence-corrected chi connectivity index (χ0v) is 9.14. The summed E-state index contributed by atoms with van der Waals surface area (Å²) >= 11 is 1.02. The van der Waals surface area contributed by atoms with Crippen LogP contribution in [-0.2, 0) is 0 Å². The van der Waals surface area contributed by atoms with Crippen molar-refractivity contribution in [3.05, 3.63) is 29.5 Å². The van der Waals surface area contributed by atoms with E-state index in [0.29, 0.717) is 0 Å². The van der Waals surface area contributed by atoms with Gasteiger partial charge >= 0.3 is 6.03 Å². The molecule has 2 rings (SSSR count). The van der Waals surface area contributed by atoms with Crippen LogP contribution in [0.3, 0.4) is 0 Å². The fourth-order valence-electron chi connectivity index (χ4n) is 0.927. The Morgan fingerprint density at radius 3 is 2.65 bits per heavy atom. The van der Waals surface area contributed by atoms with E-state index in [1.807, 2.05) is 0 Å². The maximum Gasteiger partial charge on any atom is 0.328 e. The SMILES string of the molecule is O=C(NC(=O)c1csnn1)Nc1ncccn1. The largest absolute Gasteiger partial charge is 0.328 e. The number of hydrogen-bond donors (Lipinski definition) is 2. The van der Waals surface area contributed by atoms with Crippen molar-refractivity contribution in [3.63, 3.8) is 0 Å². The summed E-state index contributed by atoms with van der Waals surface area (Å²) in [5, 5.41) is 9.32. The minimum Gasteiger partial charge on any atom is -0.276 e. The van der Waals surface area contributed by atoms with Crippen molar-refractivity contribution in [3.8, 4) is 0 Å². The van der Waals surface area contributed by atoms with Gasteiger partial charge in [-0.1, -0.05) is 4.49 Å². The fraction of sp³-hybridized carbons (Fsp3) is 0. The monoisotopic (exact) mass is 250 g/mol. The second-order valence-electron chi connectivity index (χ2n) is 2.77. The first-order chi connectivity index (χ1) is 8.25. The first-order valence-corrected chi connectivity index (χ1v) is 5.26. The van der Waals surface area contributed by atoms with E-state index in [9.17, 15) is 9.59 Å². The van der Waals surface area contributed by atoms with Gasteiger partial charge in [0.15, 0.2) is 5.69 Å². The lowest BCUT2D eigenvalue weighted by molar-refractivity contribution is 0.0962. The Kier molecular flexibility index (Phi) is 3.31. The maximum atomic E-state index is 11.4. The Bertz CT molecular complexity index is 514. The molecule has 2 aromatic heterocycles. The Labute approximate surface area is 99.3 Å². The first-order valence-electron chi connectivity index (χ1n) is 4.42. The van der Waals surface area contributed by atoms with Crippen LogP contribution in [-0.4, -0.2) is 31.5 Å². The Hall–Kier alpha value is -2.42. The quantitative estimate of drug-likeness (QED) is 0.792. The standard InChI is InChI=1S/C8H6N6O2S/c15-6(5-4-17-14-13-5)11-8(16)12-7-9-2-1-3-10-7/h1-4H,(H2,9,10,11,12,15,16). The zero-order valence-electron chi connectivity index (χ0n) is 8.32. The van der Waals surface area contributed by atoms with Gasteiger partial charge in [0.1, 0.15) is 0 Å². The van der Waals surface area contributed by atoms with Crippen molar-refractivity contribution in [1.82, 2.24) is 24.9 Å². The molecule has 0 bridgehead atoms. The second kappa shape index (κ2) is 5.07. The molecule has 2 N–H and O–H groups in total. The molecule has 2 heterocycles. The summed E-state index contributed by atoms with van der Waals surface area (Å²) in [5.41, 5.74) is 0.0825. The van der Waals surface area contributed by atoms with Gasteiger partial charge in [0.05, 0.1) is 0 Å². The van der Waals surface area contributed by atoms with Gasteiger partial charge in [0.25, 0.3) is 5.91 Å². The third-order valence-corrected chi connectivity index (χ3v) is 2.12. The molecule has 0 saturated carbocycles. The van der Waals surface area contributed by atoms with E-state index in [1.54, 1.807) is 6.07 Å². The van der Waals surface area contributed by atoms with Crippen LogP contribution in [0.15, 0.2) is 23.8 Å². The number of hydrogen-bond acceptors (Lipinski definition) is 7. The van der Waals surface area contributed by atoms with Gasteiger partial charge in [-0.2, -0.15) is 0 Å². The van der Waals surface area contributed by atoms with Crippen LogP contribution in [0.5, 0.6) is 0 Å². The number of amides is 3. The van der Waals surface area contributed by atoms with Gasteiger partial charge < -0.3 is 0 Å². The highest BCUT2D eigenvalue weighted by Gasteiger charge is 2.13. The van der Waals surface area contributed by atoms with Gasteiger partial charge in [-0.05, 0) is 17.6 Å². The molecule has 9 heteroatoms. The van der Waals surface area contributed by atoms with E-state index in [2.05, 4.69) is 30.2 Å². The van der Waals surface area contributed by atoms with E-state index in [0.717, 1.165) is 11.5 Å². The molecule has 0 aliphatic rings. The molecule has 0 atom stereocenters. The van der Waals surface area contributed by atoms with E-state index in [-0.39, 0.29) is 11.6 Å². The van der Waals surface area contributed by atoms with Gasteiger partial charge in [-0.25, -0.2) is 14.8 Å². The smallest absolute Gasteiger partial charge is 0.276 e. The molecule has 17 heavy (non-hydrogen) atoms. The molecule has 0 saturated heterocycles. The van der Waals surface area contributed by atoms with Gasteiger partial charge in [-0.15, -0.1) is 5.10 Å². The van der Waals surface area contributed by atoms with Crippen molar-refractivity contribution >= 4 is 29.4 Å². The number of anilines is 1. The highest BCUT2D eigenvalue weighted by Crippen LogP contribution is 1.97.